The van der Waals surface area contributed by atoms with Crippen LogP contribution in [0.4, 0.5) is 23.2 Å². The van der Waals surface area contributed by atoms with Crippen LogP contribution >= 0.6 is 0 Å². The van der Waals surface area contributed by atoms with E-state index in [2.05, 4.69) is 25.1 Å². The molecule has 0 aromatic carbocycles. The van der Waals surface area contributed by atoms with Crippen LogP contribution in [-0.2, 0) is 34.4 Å². The maximum Gasteiger partial charge on any atom is 0.435 e. The van der Waals surface area contributed by atoms with Gasteiger partial charge in [0.05, 0.1) is 17.6 Å². The van der Waals surface area contributed by atoms with Crippen molar-refractivity contribution in [2.45, 2.75) is 44.9 Å². The Morgan fingerprint density at radius 2 is 2.12 bits per heavy atom. The van der Waals surface area contributed by atoms with Gasteiger partial charge in [-0.3, -0.25) is 14.0 Å². The molecular weight excluding hydrogens is 478 g/mol. The van der Waals surface area contributed by atoms with Gasteiger partial charge >= 0.3 is 6.18 Å². The van der Waals surface area contributed by atoms with Gasteiger partial charge in [-0.1, -0.05) is 0 Å². The summed E-state index contributed by atoms with van der Waals surface area (Å²) in [4.78, 5) is 20.6. The number of hydrogen-bond donors (Lipinski definition) is 2. The zero-order valence-corrected chi connectivity index (χ0v) is 19.0. The van der Waals surface area contributed by atoms with Crippen molar-refractivity contribution in [1.29, 1.82) is 0 Å². The Kier molecular flexibility index (Phi) is 6.40. The van der Waals surface area contributed by atoms with Crippen LogP contribution in [0.5, 0.6) is 0 Å². The average molecular weight is 499 g/mol. The third-order valence-corrected chi connectivity index (χ3v) is 6.75. The zero-order valence-electron chi connectivity index (χ0n) is 18.2. The zero-order chi connectivity index (χ0) is 24.7. The molecule has 1 aliphatic heterocycles. The van der Waals surface area contributed by atoms with Crippen molar-refractivity contribution in [3.05, 3.63) is 53.8 Å². The number of nitrogens with one attached hydrogen (secondary N) is 2. The molecule has 3 aromatic rings. The van der Waals surface area contributed by atoms with Gasteiger partial charge in [0.25, 0.3) is 0 Å². The number of aromatic nitrogens is 5. The van der Waals surface area contributed by atoms with Gasteiger partial charge in [-0.05, 0) is 32.8 Å². The van der Waals surface area contributed by atoms with Crippen molar-refractivity contribution in [3.63, 3.8) is 0 Å². The molecular formula is C20H21F4N7O2S. The molecule has 1 unspecified atom stereocenters. The number of alkyl halides is 3. The fourth-order valence-corrected chi connectivity index (χ4v) is 4.87. The lowest BCUT2D eigenvalue weighted by Crippen LogP contribution is -2.48. The fourth-order valence-electron chi connectivity index (χ4n) is 3.65. The number of anilines is 1. The van der Waals surface area contributed by atoms with Crippen LogP contribution in [0.25, 0.3) is 5.82 Å². The van der Waals surface area contributed by atoms with Crippen molar-refractivity contribution in [1.82, 2.24) is 29.0 Å². The Morgan fingerprint density at radius 1 is 1.35 bits per heavy atom. The van der Waals surface area contributed by atoms with Crippen LogP contribution in [0.1, 0.15) is 36.8 Å². The van der Waals surface area contributed by atoms with E-state index < -0.39 is 47.0 Å². The molecule has 3 aromatic heterocycles. The molecule has 14 heteroatoms. The van der Waals surface area contributed by atoms with Gasteiger partial charge in [0.2, 0.25) is 5.91 Å². The van der Waals surface area contributed by atoms with E-state index in [0.29, 0.717) is 11.4 Å². The minimum atomic E-state index is -4.62. The molecule has 0 saturated carbocycles. The van der Waals surface area contributed by atoms with Crippen LogP contribution < -0.4 is 10.0 Å². The monoisotopic (exact) mass is 499 g/mol. The molecule has 1 amide bonds. The van der Waals surface area contributed by atoms with Gasteiger partial charge in [-0.25, -0.2) is 14.4 Å². The summed E-state index contributed by atoms with van der Waals surface area (Å²) < 4.78 is 70.3. The highest BCUT2D eigenvalue weighted by Gasteiger charge is 2.38. The summed E-state index contributed by atoms with van der Waals surface area (Å²) in [5, 5.41) is 5.79. The molecule has 0 aliphatic carbocycles. The minimum absolute atomic E-state index is 0.0312. The molecule has 0 bridgehead atoms. The van der Waals surface area contributed by atoms with E-state index in [9.17, 15) is 26.9 Å². The minimum Gasteiger partial charge on any atom is -0.598 e. The van der Waals surface area contributed by atoms with E-state index in [1.54, 1.807) is 6.20 Å². The number of rotatable bonds is 5. The van der Waals surface area contributed by atoms with Crippen LogP contribution in [0.15, 0.2) is 30.9 Å². The van der Waals surface area contributed by atoms with E-state index in [1.165, 1.54) is 24.0 Å². The summed E-state index contributed by atoms with van der Waals surface area (Å²) in [7, 11) is 0. The molecule has 0 spiro atoms. The lowest BCUT2D eigenvalue weighted by Gasteiger charge is -2.33. The molecule has 9 nitrogen and oxygen atoms in total. The largest absolute Gasteiger partial charge is 0.598 e. The topological polar surface area (TPSA) is 113 Å². The second-order valence-corrected chi connectivity index (χ2v) is 9.46. The van der Waals surface area contributed by atoms with Gasteiger partial charge in [-0.2, -0.15) is 18.3 Å². The average Bonchev–Trinajstić information content (AvgIpc) is 3.36. The molecule has 2 N–H and O–H groups in total. The van der Waals surface area contributed by atoms with Crippen molar-refractivity contribution >= 4 is 23.0 Å². The Hall–Kier alpha value is -2.97. The number of carbonyl (C=O) groups excluding carboxylic acids is 1. The molecule has 1 saturated heterocycles. The number of carbonyl (C=O) groups is 1. The molecule has 2 atom stereocenters. The summed E-state index contributed by atoms with van der Waals surface area (Å²) in [5.41, 5.74) is -0.938. The Balaban J connectivity index is 1.45. The first kappa shape index (κ1) is 24.2. The summed E-state index contributed by atoms with van der Waals surface area (Å²) in [6.45, 7) is 2.78. The van der Waals surface area contributed by atoms with Gasteiger partial charge in [0.15, 0.2) is 17.3 Å². The van der Waals surface area contributed by atoms with Crippen LogP contribution in [0.3, 0.4) is 0 Å². The highest BCUT2D eigenvalue weighted by molar-refractivity contribution is 7.89. The lowest BCUT2D eigenvalue weighted by atomic mass is 9.94. The molecule has 4 rings (SSSR count). The highest BCUT2D eigenvalue weighted by Crippen LogP contribution is 2.30. The summed E-state index contributed by atoms with van der Waals surface area (Å²) >= 11 is -1.17. The molecule has 34 heavy (non-hydrogen) atoms. The number of pyridine rings is 1. The third-order valence-electron chi connectivity index (χ3n) is 5.41. The van der Waals surface area contributed by atoms with E-state index in [0.717, 1.165) is 29.7 Å². The molecule has 182 valence electrons. The van der Waals surface area contributed by atoms with E-state index >= 15 is 0 Å². The molecule has 1 aliphatic rings. The van der Waals surface area contributed by atoms with Crippen molar-refractivity contribution < 1.29 is 26.9 Å². The summed E-state index contributed by atoms with van der Waals surface area (Å²) in [6, 6.07) is 1.89. The van der Waals surface area contributed by atoms with Gasteiger partial charge in [-0.15, -0.1) is 4.72 Å². The van der Waals surface area contributed by atoms with Crippen molar-refractivity contribution in [2.24, 2.45) is 0 Å². The maximum atomic E-state index is 14.8. The first-order valence-electron chi connectivity index (χ1n) is 10.2. The SMILES string of the molecule is Cc1cc(C(F)(F)F)nn1CC(=O)Nc1cnc(-n2cnc(C3(C)CCC[S@@+]([O-])N3)c2)c(F)c1. The summed E-state index contributed by atoms with van der Waals surface area (Å²) in [6.07, 6.45) is 1.07. The first-order chi connectivity index (χ1) is 15.9. The predicted octanol–water partition coefficient (Wildman–Crippen LogP) is 2.83. The van der Waals surface area contributed by atoms with Crippen molar-refractivity contribution in [2.75, 3.05) is 11.1 Å². The standard InChI is InChI=1S/C20H21F4N7O2S/c1-12-6-15(20(22,23)24)28-31(12)10-17(32)27-13-7-14(21)18(25-8-13)30-9-16(26-11-30)19(2)4-3-5-34(33)29-19/h6-9,11,29H,3-5,10H2,1-2H3,(H,27,32)/t19?,34-/m1/s1. The lowest BCUT2D eigenvalue weighted by molar-refractivity contribution is -0.141. The summed E-state index contributed by atoms with van der Waals surface area (Å²) in [5.74, 6) is -0.942. The number of hydrogen-bond acceptors (Lipinski definition) is 6. The normalized spacial score (nSPS) is 21.0. The van der Waals surface area contributed by atoms with Crippen LogP contribution in [-0.4, -0.2) is 40.5 Å². The smallest absolute Gasteiger partial charge is 0.435 e. The maximum absolute atomic E-state index is 14.8. The van der Waals surface area contributed by atoms with Crippen LogP contribution in [0.2, 0.25) is 0 Å². The second-order valence-electron chi connectivity index (χ2n) is 8.16. The van der Waals surface area contributed by atoms with Gasteiger partial charge in [0.1, 0.15) is 24.2 Å². The Bertz CT molecular complexity index is 1210. The van der Waals surface area contributed by atoms with E-state index in [4.69, 9.17) is 0 Å². The van der Waals surface area contributed by atoms with E-state index in [1.807, 2.05) is 6.92 Å². The highest BCUT2D eigenvalue weighted by atomic mass is 32.2. The van der Waals surface area contributed by atoms with Crippen LogP contribution in [0, 0.1) is 12.7 Å². The predicted molar refractivity (Wildman–Crippen MR) is 115 cm³/mol. The van der Waals surface area contributed by atoms with Crippen molar-refractivity contribution in [3.8, 4) is 5.82 Å². The quantitative estimate of drug-likeness (QED) is 0.413. The number of halogens is 4. The van der Waals surface area contributed by atoms with Gasteiger partial charge in [0, 0.05) is 29.3 Å². The number of imidazole rings is 1. The Morgan fingerprint density at radius 3 is 2.76 bits per heavy atom. The molecule has 4 heterocycles. The fraction of sp³-hybridized carbons (Fsp3) is 0.400. The first-order valence-corrected chi connectivity index (χ1v) is 11.5. The number of nitrogens with zero attached hydrogens (tertiary/aromatic N) is 5. The second kappa shape index (κ2) is 9.00. The van der Waals surface area contributed by atoms with Gasteiger partial charge < -0.3 is 9.87 Å². The van der Waals surface area contributed by atoms with E-state index in [-0.39, 0.29) is 17.2 Å². The number of aryl methyl sites for hydroxylation is 1. The molecule has 0 radical (unpaired) electrons. The Labute approximate surface area is 194 Å². The number of amides is 1. The molecule has 1 fully saturated rings. The third kappa shape index (κ3) is 5.08.